The van der Waals surface area contributed by atoms with Crippen LogP contribution < -0.4 is 4.80 Å². The minimum Gasteiger partial charge on any atom is -0.462 e. The van der Waals surface area contributed by atoms with Crippen molar-refractivity contribution < 1.29 is 27.1 Å². The van der Waals surface area contributed by atoms with E-state index in [0.717, 1.165) is 26.7 Å². The highest BCUT2D eigenvalue weighted by molar-refractivity contribution is 7.89. The number of esters is 1. The molecular weight excluding hydrogens is 481 g/mol. The van der Waals surface area contributed by atoms with E-state index in [9.17, 15) is 22.4 Å². The number of fused-ring (bicyclic) bond motifs is 1. The molecule has 1 amide bonds. The highest BCUT2D eigenvalue weighted by atomic mass is 32.2. The number of amides is 1. The number of aromatic nitrogens is 1. The Morgan fingerprint density at radius 1 is 1.18 bits per heavy atom. The summed E-state index contributed by atoms with van der Waals surface area (Å²) in [6.45, 7) is 4.64. The van der Waals surface area contributed by atoms with E-state index in [1.807, 2.05) is 11.5 Å². The van der Waals surface area contributed by atoms with Gasteiger partial charge in [0.15, 0.2) is 4.80 Å². The van der Waals surface area contributed by atoms with Crippen LogP contribution in [0.3, 0.4) is 0 Å². The maximum absolute atomic E-state index is 13.3. The molecular formula is C23H24FN3O5S2. The van der Waals surface area contributed by atoms with Crippen LogP contribution in [-0.2, 0) is 26.1 Å². The first kappa shape index (κ1) is 24.2. The van der Waals surface area contributed by atoms with Gasteiger partial charge in [0, 0.05) is 13.1 Å². The second-order valence-corrected chi connectivity index (χ2v) is 10.6. The summed E-state index contributed by atoms with van der Waals surface area (Å²) in [5.74, 6) is -1.52. The monoisotopic (exact) mass is 505 g/mol. The van der Waals surface area contributed by atoms with E-state index in [2.05, 4.69) is 4.99 Å². The fourth-order valence-corrected chi connectivity index (χ4v) is 6.78. The van der Waals surface area contributed by atoms with Crippen molar-refractivity contribution in [3.63, 3.8) is 0 Å². The van der Waals surface area contributed by atoms with Crippen LogP contribution >= 0.6 is 11.3 Å². The molecule has 11 heteroatoms. The topological polar surface area (TPSA) is 98.0 Å². The number of nitrogens with zero attached hydrogens (tertiary/aromatic N) is 3. The Hall–Kier alpha value is -2.89. The summed E-state index contributed by atoms with van der Waals surface area (Å²) in [6.07, 6.45) is 0.877. The number of aryl methyl sites for hydroxylation is 1. The van der Waals surface area contributed by atoms with Crippen molar-refractivity contribution in [2.75, 3.05) is 13.2 Å². The van der Waals surface area contributed by atoms with E-state index < -0.39 is 33.8 Å². The van der Waals surface area contributed by atoms with Gasteiger partial charge in [-0.05, 0) is 69.2 Å². The van der Waals surface area contributed by atoms with Crippen LogP contribution in [0.2, 0.25) is 0 Å². The summed E-state index contributed by atoms with van der Waals surface area (Å²) in [5, 5.41) is 0. The smallest absolute Gasteiger partial charge is 0.338 e. The summed E-state index contributed by atoms with van der Waals surface area (Å²) >= 11 is 1.25. The largest absolute Gasteiger partial charge is 0.462 e. The molecule has 180 valence electrons. The quantitative estimate of drug-likeness (QED) is 0.479. The number of rotatable bonds is 6. The predicted octanol–water partition coefficient (Wildman–Crippen LogP) is 3.32. The Bertz CT molecular complexity index is 1410. The van der Waals surface area contributed by atoms with Crippen LogP contribution in [0.4, 0.5) is 4.39 Å². The van der Waals surface area contributed by atoms with Crippen molar-refractivity contribution >= 4 is 43.5 Å². The molecule has 0 aliphatic carbocycles. The Labute approximate surface area is 200 Å². The number of carbonyl (C=O) groups excluding carboxylic acids is 2. The molecule has 1 unspecified atom stereocenters. The molecule has 0 radical (unpaired) electrons. The van der Waals surface area contributed by atoms with E-state index in [4.69, 9.17) is 4.74 Å². The van der Waals surface area contributed by atoms with Gasteiger partial charge in [-0.2, -0.15) is 9.30 Å². The number of hydrogen-bond donors (Lipinski definition) is 0. The van der Waals surface area contributed by atoms with Crippen molar-refractivity contribution in [1.82, 2.24) is 8.87 Å². The van der Waals surface area contributed by atoms with E-state index in [1.54, 1.807) is 25.1 Å². The maximum atomic E-state index is 13.3. The molecule has 0 bridgehead atoms. The lowest BCUT2D eigenvalue weighted by molar-refractivity contribution is -0.121. The summed E-state index contributed by atoms with van der Waals surface area (Å²) < 4.78 is 48.3. The normalized spacial score (nSPS) is 17.4. The fraction of sp³-hybridized carbons (Fsp3) is 0.348. The molecule has 2 aromatic carbocycles. The van der Waals surface area contributed by atoms with Crippen molar-refractivity contribution in [3.05, 3.63) is 58.6 Å². The lowest BCUT2D eigenvalue weighted by Gasteiger charge is -2.21. The lowest BCUT2D eigenvalue weighted by atomic mass is 10.2. The average molecular weight is 506 g/mol. The second kappa shape index (κ2) is 9.77. The van der Waals surface area contributed by atoms with Gasteiger partial charge in [0.1, 0.15) is 11.9 Å². The van der Waals surface area contributed by atoms with E-state index >= 15 is 0 Å². The first-order chi connectivity index (χ1) is 16.3. The Balaban J connectivity index is 1.69. The van der Waals surface area contributed by atoms with Gasteiger partial charge in [0.2, 0.25) is 10.0 Å². The minimum atomic E-state index is -3.97. The van der Waals surface area contributed by atoms with Gasteiger partial charge >= 0.3 is 5.97 Å². The number of sulfonamides is 1. The predicted molar refractivity (Wildman–Crippen MR) is 125 cm³/mol. The molecule has 0 N–H and O–H groups in total. The van der Waals surface area contributed by atoms with Crippen LogP contribution in [0.25, 0.3) is 10.2 Å². The molecule has 4 rings (SSSR count). The number of halogens is 1. The Morgan fingerprint density at radius 3 is 2.59 bits per heavy atom. The van der Waals surface area contributed by atoms with Crippen molar-refractivity contribution in [3.8, 4) is 0 Å². The first-order valence-corrected chi connectivity index (χ1v) is 13.2. The van der Waals surface area contributed by atoms with Gasteiger partial charge in [0.25, 0.3) is 5.91 Å². The fourth-order valence-electron chi connectivity index (χ4n) is 3.99. The number of thiazole rings is 1. The van der Waals surface area contributed by atoms with Crippen LogP contribution in [0.5, 0.6) is 0 Å². The van der Waals surface area contributed by atoms with Crippen molar-refractivity contribution in [2.24, 2.45) is 4.99 Å². The number of benzene rings is 2. The van der Waals surface area contributed by atoms with Crippen LogP contribution in [0.1, 0.15) is 37.0 Å². The molecule has 34 heavy (non-hydrogen) atoms. The summed E-state index contributed by atoms with van der Waals surface area (Å²) in [7, 11) is -3.97. The highest BCUT2D eigenvalue weighted by Crippen LogP contribution is 2.27. The van der Waals surface area contributed by atoms with Gasteiger partial charge < -0.3 is 9.30 Å². The molecule has 1 fully saturated rings. The molecule has 1 aromatic heterocycles. The highest BCUT2D eigenvalue weighted by Gasteiger charge is 2.39. The molecule has 2 heterocycles. The Kier molecular flexibility index (Phi) is 6.96. The van der Waals surface area contributed by atoms with E-state index in [-0.39, 0.29) is 18.0 Å². The van der Waals surface area contributed by atoms with Gasteiger partial charge in [-0.1, -0.05) is 11.3 Å². The van der Waals surface area contributed by atoms with Gasteiger partial charge in [-0.15, -0.1) is 0 Å². The zero-order chi connectivity index (χ0) is 24.5. The van der Waals surface area contributed by atoms with Crippen molar-refractivity contribution in [2.45, 2.75) is 44.2 Å². The maximum Gasteiger partial charge on any atom is 0.338 e. The average Bonchev–Trinajstić information content (AvgIpc) is 3.44. The number of ether oxygens (including phenoxy) is 1. The third-order valence-corrected chi connectivity index (χ3v) is 8.59. The number of carbonyl (C=O) groups is 2. The Morgan fingerprint density at radius 2 is 1.91 bits per heavy atom. The molecule has 0 spiro atoms. The van der Waals surface area contributed by atoms with Crippen molar-refractivity contribution in [1.29, 1.82) is 0 Å². The first-order valence-electron chi connectivity index (χ1n) is 10.9. The molecule has 0 saturated carbocycles. The van der Waals surface area contributed by atoms with Gasteiger partial charge in [0.05, 0.1) is 27.3 Å². The minimum absolute atomic E-state index is 0.0643. The van der Waals surface area contributed by atoms with Crippen LogP contribution in [0, 0.1) is 5.82 Å². The standard InChI is InChI=1S/C23H24FN3O5S2/c1-3-26-18-12-7-15(22(29)32-4-2)14-20(18)33-23(26)25-21(28)19-6-5-13-27(19)34(30,31)17-10-8-16(24)9-11-17/h7-12,14,19H,3-6,13H2,1-2H3. The summed E-state index contributed by atoms with van der Waals surface area (Å²) in [6, 6.07) is 8.77. The van der Waals surface area contributed by atoms with Gasteiger partial charge in [-0.3, -0.25) is 4.79 Å². The zero-order valence-corrected chi connectivity index (χ0v) is 20.4. The SMILES string of the molecule is CCOC(=O)c1ccc2c(c1)sc(=NC(=O)C1CCCN1S(=O)(=O)c1ccc(F)cc1)n2CC. The number of hydrogen-bond acceptors (Lipinski definition) is 6. The third kappa shape index (κ3) is 4.55. The van der Waals surface area contributed by atoms with Gasteiger partial charge in [-0.25, -0.2) is 17.6 Å². The van der Waals surface area contributed by atoms with Crippen LogP contribution in [0.15, 0.2) is 52.4 Å². The molecule has 1 aliphatic heterocycles. The van der Waals surface area contributed by atoms with E-state index in [1.165, 1.54) is 23.5 Å². The van der Waals surface area contributed by atoms with Crippen LogP contribution in [-0.4, -0.2) is 48.4 Å². The lowest BCUT2D eigenvalue weighted by Crippen LogP contribution is -2.40. The molecule has 1 aliphatic rings. The molecule has 1 saturated heterocycles. The zero-order valence-electron chi connectivity index (χ0n) is 18.7. The second-order valence-electron chi connectivity index (χ2n) is 7.71. The summed E-state index contributed by atoms with van der Waals surface area (Å²) in [4.78, 5) is 29.9. The van der Waals surface area contributed by atoms with E-state index in [0.29, 0.717) is 29.8 Å². The summed E-state index contributed by atoms with van der Waals surface area (Å²) in [5.41, 5.74) is 1.22. The molecule has 8 nitrogen and oxygen atoms in total. The molecule has 1 atom stereocenters. The molecule has 3 aromatic rings. The third-order valence-electron chi connectivity index (χ3n) is 5.62.